The van der Waals surface area contributed by atoms with E-state index in [2.05, 4.69) is 88.4 Å². The summed E-state index contributed by atoms with van der Waals surface area (Å²) < 4.78 is 15.3. The lowest BCUT2D eigenvalue weighted by Gasteiger charge is -2.32. The van der Waals surface area contributed by atoms with Gasteiger partial charge in [0, 0.05) is 20.2 Å². The first-order chi connectivity index (χ1) is 17.3. The highest BCUT2D eigenvalue weighted by Gasteiger charge is 2.51. The van der Waals surface area contributed by atoms with Gasteiger partial charge in [-0.15, -0.1) is 11.3 Å². The average molecular weight is 487 g/mol. The molecule has 0 spiro atoms. The molecule has 176 valence electrons. The van der Waals surface area contributed by atoms with Crippen LogP contribution in [-0.4, -0.2) is 18.3 Å². The minimum absolute atomic E-state index is 0.450. The molecule has 1 aliphatic heterocycles. The van der Waals surface area contributed by atoms with Crippen LogP contribution in [0.4, 0.5) is 0 Å². The summed E-state index contributed by atoms with van der Waals surface area (Å²) in [4.78, 5) is 0. The van der Waals surface area contributed by atoms with Gasteiger partial charge < -0.3 is 9.31 Å². The van der Waals surface area contributed by atoms with Gasteiger partial charge in [0.25, 0.3) is 0 Å². The molecule has 5 heteroatoms. The number of nitriles is 1. The Morgan fingerprint density at radius 2 is 1.31 bits per heavy atom. The lowest BCUT2D eigenvalue weighted by atomic mass is 9.75. The molecule has 0 saturated carbocycles. The maximum atomic E-state index is 10.4. The second kappa shape index (κ2) is 8.32. The van der Waals surface area contributed by atoms with Crippen LogP contribution in [0.15, 0.2) is 84.9 Å². The molecule has 0 aliphatic carbocycles. The van der Waals surface area contributed by atoms with Crippen molar-refractivity contribution in [1.82, 2.24) is 0 Å². The second-order valence-electron chi connectivity index (χ2n) is 10.4. The molecule has 2 heterocycles. The summed E-state index contributed by atoms with van der Waals surface area (Å²) in [6, 6.07) is 31.7. The minimum Gasteiger partial charge on any atom is -0.399 e. The smallest absolute Gasteiger partial charge is 0.399 e. The summed E-state index contributed by atoms with van der Waals surface area (Å²) >= 11 is 1.78. The van der Waals surface area contributed by atoms with Gasteiger partial charge in [-0.05, 0) is 67.5 Å². The van der Waals surface area contributed by atoms with Gasteiger partial charge in [0.2, 0.25) is 0 Å². The van der Waals surface area contributed by atoms with Gasteiger partial charge >= 0.3 is 7.12 Å². The third-order valence-electron chi connectivity index (χ3n) is 7.57. The first-order valence-electron chi connectivity index (χ1n) is 12.2. The molecule has 36 heavy (non-hydrogen) atoms. The molecule has 6 rings (SSSR count). The van der Waals surface area contributed by atoms with Crippen molar-refractivity contribution in [2.24, 2.45) is 0 Å². The maximum absolute atomic E-state index is 10.4. The molecule has 4 aromatic carbocycles. The highest BCUT2D eigenvalue weighted by Crippen LogP contribution is 2.40. The van der Waals surface area contributed by atoms with Crippen LogP contribution in [0.25, 0.3) is 42.4 Å². The van der Waals surface area contributed by atoms with Crippen molar-refractivity contribution in [2.45, 2.75) is 38.9 Å². The van der Waals surface area contributed by atoms with Crippen LogP contribution in [0.5, 0.6) is 0 Å². The van der Waals surface area contributed by atoms with E-state index in [1.807, 2.05) is 30.3 Å². The second-order valence-corrected chi connectivity index (χ2v) is 11.5. The van der Waals surface area contributed by atoms with Gasteiger partial charge in [0.05, 0.1) is 16.8 Å². The Morgan fingerprint density at radius 1 is 0.694 bits per heavy atom. The molecule has 0 amide bonds. The standard InChI is InChI=1S/C31H26BNO2S/c1-30(2)31(3,4)35-32(34-30)22-17-25(20-10-6-5-7-11-20)27(19-33)26(18-22)21-14-15-24-23-12-8-9-13-28(23)36-29(24)16-21/h5-18H,1-4H3. The van der Waals surface area contributed by atoms with Gasteiger partial charge in [-0.25, -0.2) is 0 Å². The number of fused-ring (bicyclic) bond motifs is 3. The molecule has 1 fully saturated rings. The van der Waals surface area contributed by atoms with Gasteiger partial charge in [0.1, 0.15) is 6.07 Å². The zero-order valence-corrected chi connectivity index (χ0v) is 21.6. The van der Waals surface area contributed by atoms with Crippen LogP contribution >= 0.6 is 11.3 Å². The van der Waals surface area contributed by atoms with E-state index in [1.165, 1.54) is 20.2 Å². The third kappa shape index (κ3) is 3.65. The Hall–Kier alpha value is -3.43. The molecule has 0 bridgehead atoms. The molecule has 0 unspecified atom stereocenters. The largest absolute Gasteiger partial charge is 0.494 e. The average Bonchev–Trinajstić information content (AvgIpc) is 3.35. The van der Waals surface area contributed by atoms with Crippen LogP contribution in [0.1, 0.15) is 33.3 Å². The number of rotatable bonds is 3. The fourth-order valence-electron chi connectivity index (χ4n) is 4.87. The lowest BCUT2D eigenvalue weighted by Crippen LogP contribution is -2.41. The molecule has 1 aliphatic rings. The monoisotopic (exact) mass is 487 g/mol. The number of benzene rings is 4. The third-order valence-corrected chi connectivity index (χ3v) is 8.71. The van der Waals surface area contributed by atoms with E-state index < -0.39 is 18.3 Å². The number of nitrogens with zero attached hydrogens (tertiary/aromatic N) is 1. The quantitative estimate of drug-likeness (QED) is 0.247. The highest BCUT2D eigenvalue weighted by molar-refractivity contribution is 7.25. The van der Waals surface area contributed by atoms with Crippen molar-refractivity contribution in [3.05, 3.63) is 90.5 Å². The normalized spacial score (nSPS) is 16.5. The van der Waals surface area contributed by atoms with Gasteiger partial charge in [-0.3, -0.25) is 0 Å². The summed E-state index contributed by atoms with van der Waals surface area (Å²) in [7, 11) is -0.517. The van der Waals surface area contributed by atoms with Crippen molar-refractivity contribution < 1.29 is 9.31 Å². The van der Waals surface area contributed by atoms with Crippen molar-refractivity contribution in [3.63, 3.8) is 0 Å². The molecular formula is C31H26BNO2S. The maximum Gasteiger partial charge on any atom is 0.494 e. The Balaban J connectivity index is 1.58. The fourth-order valence-corrected chi connectivity index (χ4v) is 6.01. The lowest BCUT2D eigenvalue weighted by molar-refractivity contribution is 0.00578. The Labute approximate surface area is 216 Å². The van der Waals surface area contributed by atoms with E-state index in [9.17, 15) is 5.26 Å². The van der Waals surface area contributed by atoms with Crippen molar-refractivity contribution in [3.8, 4) is 28.3 Å². The Bertz CT molecular complexity index is 1650. The van der Waals surface area contributed by atoms with Gasteiger partial charge in [-0.1, -0.05) is 72.8 Å². The van der Waals surface area contributed by atoms with Crippen LogP contribution in [0.3, 0.4) is 0 Å². The van der Waals surface area contributed by atoms with E-state index in [4.69, 9.17) is 9.31 Å². The number of thiophene rings is 1. The fraction of sp³-hybridized carbons (Fsp3) is 0.194. The molecule has 3 nitrogen and oxygen atoms in total. The van der Waals surface area contributed by atoms with Gasteiger partial charge in [0.15, 0.2) is 0 Å². The Morgan fingerprint density at radius 3 is 2.00 bits per heavy atom. The first kappa shape index (κ1) is 23.0. The van der Waals surface area contributed by atoms with E-state index in [-0.39, 0.29) is 0 Å². The van der Waals surface area contributed by atoms with Gasteiger partial charge in [-0.2, -0.15) is 5.26 Å². The predicted octanol–water partition coefficient (Wildman–Crippen LogP) is 7.56. The summed E-state index contributed by atoms with van der Waals surface area (Å²) in [5.74, 6) is 0. The molecule has 0 N–H and O–H groups in total. The van der Waals surface area contributed by atoms with Crippen LogP contribution in [0.2, 0.25) is 0 Å². The van der Waals surface area contributed by atoms with E-state index in [0.29, 0.717) is 5.56 Å². The number of hydrogen-bond acceptors (Lipinski definition) is 4. The molecule has 0 radical (unpaired) electrons. The zero-order valence-electron chi connectivity index (χ0n) is 20.8. The zero-order chi connectivity index (χ0) is 25.1. The summed E-state index contributed by atoms with van der Waals surface area (Å²) in [6.07, 6.45) is 0. The predicted molar refractivity (Wildman–Crippen MR) is 151 cm³/mol. The summed E-state index contributed by atoms with van der Waals surface area (Å²) in [5, 5.41) is 12.9. The topological polar surface area (TPSA) is 42.2 Å². The van der Waals surface area contributed by atoms with Crippen LogP contribution < -0.4 is 5.46 Å². The van der Waals surface area contributed by atoms with Crippen molar-refractivity contribution in [1.29, 1.82) is 5.26 Å². The molecule has 1 aromatic heterocycles. The van der Waals surface area contributed by atoms with Crippen LogP contribution in [0, 0.1) is 11.3 Å². The van der Waals surface area contributed by atoms with E-state index >= 15 is 0 Å². The number of hydrogen-bond donors (Lipinski definition) is 0. The van der Waals surface area contributed by atoms with Crippen molar-refractivity contribution >= 4 is 44.1 Å². The summed E-state index contributed by atoms with van der Waals surface area (Å²) in [5.41, 5.74) is 4.46. The molecular weight excluding hydrogens is 461 g/mol. The highest BCUT2D eigenvalue weighted by atomic mass is 32.1. The summed E-state index contributed by atoms with van der Waals surface area (Å²) in [6.45, 7) is 8.24. The van der Waals surface area contributed by atoms with E-state index in [0.717, 1.165) is 27.7 Å². The SMILES string of the molecule is CC1(C)OB(c2cc(-c3ccccc3)c(C#N)c(-c3ccc4c(c3)sc3ccccc34)c2)OC1(C)C. The molecule has 0 atom stereocenters. The van der Waals surface area contributed by atoms with Crippen molar-refractivity contribution in [2.75, 3.05) is 0 Å². The molecule has 1 saturated heterocycles. The van der Waals surface area contributed by atoms with Crippen LogP contribution in [-0.2, 0) is 9.31 Å². The Kier molecular flexibility index (Phi) is 5.31. The van der Waals surface area contributed by atoms with E-state index in [1.54, 1.807) is 11.3 Å². The molecule has 5 aromatic rings. The minimum atomic E-state index is -0.517. The first-order valence-corrected chi connectivity index (χ1v) is 13.0.